The maximum atomic E-state index is 11.4. The van der Waals surface area contributed by atoms with Gasteiger partial charge in [0.1, 0.15) is 5.75 Å². The molecular weight excluding hydrogens is 276 g/mol. The molecule has 0 atom stereocenters. The Kier molecular flexibility index (Phi) is 4.71. The molecule has 0 radical (unpaired) electrons. The van der Waals surface area contributed by atoms with E-state index in [4.69, 9.17) is 4.74 Å². The van der Waals surface area contributed by atoms with Gasteiger partial charge in [0, 0.05) is 32.4 Å². The van der Waals surface area contributed by atoms with Crippen molar-refractivity contribution >= 4 is 11.8 Å². The summed E-state index contributed by atoms with van der Waals surface area (Å²) in [7, 11) is 5.61. The maximum Gasteiger partial charge on any atom is 0.412 e. The number of hydrogen-bond acceptors (Lipinski definition) is 3. The number of carbonyl (C=O) groups excluding carboxylic acids is 1. The number of nitrogens with zero attached hydrogens (tertiary/aromatic N) is 1. The summed E-state index contributed by atoms with van der Waals surface area (Å²) < 4.78 is 5.23. The lowest BCUT2D eigenvalue weighted by Crippen LogP contribution is -2.22. The van der Waals surface area contributed by atoms with Crippen molar-refractivity contribution in [2.24, 2.45) is 0 Å². The summed E-state index contributed by atoms with van der Waals surface area (Å²) in [5, 5.41) is 2.45. The summed E-state index contributed by atoms with van der Waals surface area (Å²) in [6.07, 6.45) is -0.458. The lowest BCUT2D eigenvalue weighted by Gasteiger charge is -2.20. The second-order valence-corrected chi connectivity index (χ2v) is 5.48. The van der Waals surface area contributed by atoms with Crippen LogP contribution in [0.5, 0.6) is 5.75 Å². The molecule has 0 saturated heterocycles. The molecule has 4 heteroatoms. The van der Waals surface area contributed by atoms with Gasteiger partial charge in [-0.3, -0.25) is 0 Å². The molecule has 2 aromatic rings. The smallest absolute Gasteiger partial charge is 0.410 e. The second-order valence-electron chi connectivity index (χ2n) is 5.48. The summed E-state index contributed by atoms with van der Waals surface area (Å²) in [6.45, 7) is 4.07. The SMILES string of the molecule is CNC(=O)Oc1cc(C)c(-c2ccccc2N(C)C)c(C)c1. The number of amides is 1. The molecule has 1 amide bonds. The molecule has 0 aliphatic heterocycles. The van der Waals surface area contributed by atoms with Gasteiger partial charge in [-0.15, -0.1) is 0 Å². The number of aryl methyl sites for hydroxylation is 2. The highest BCUT2D eigenvalue weighted by Gasteiger charge is 2.13. The first-order valence-corrected chi connectivity index (χ1v) is 7.21. The molecule has 4 nitrogen and oxygen atoms in total. The van der Waals surface area contributed by atoms with Crippen molar-refractivity contribution in [1.82, 2.24) is 5.32 Å². The highest BCUT2D eigenvalue weighted by atomic mass is 16.5. The van der Waals surface area contributed by atoms with E-state index in [1.54, 1.807) is 7.05 Å². The molecule has 2 rings (SSSR count). The molecule has 116 valence electrons. The van der Waals surface area contributed by atoms with Gasteiger partial charge in [-0.2, -0.15) is 0 Å². The average Bonchev–Trinajstić information content (AvgIpc) is 2.46. The zero-order valence-electron chi connectivity index (χ0n) is 13.7. The number of carbonyl (C=O) groups is 1. The summed E-state index contributed by atoms with van der Waals surface area (Å²) >= 11 is 0. The molecule has 0 aliphatic carbocycles. The largest absolute Gasteiger partial charge is 0.412 e. The van der Waals surface area contributed by atoms with Crippen LogP contribution in [0.25, 0.3) is 11.1 Å². The van der Waals surface area contributed by atoms with Crippen LogP contribution in [0.2, 0.25) is 0 Å². The summed E-state index contributed by atoms with van der Waals surface area (Å²) in [5.74, 6) is 0.556. The molecule has 0 bridgehead atoms. The van der Waals surface area contributed by atoms with Crippen molar-refractivity contribution in [1.29, 1.82) is 0 Å². The Morgan fingerprint density at radius 2 is 1.68 bits per heavy atom. The first-order valence-electron chi connectivity index (χ1n) is 7.21. The molecule has 2 aromatic carbocycles. The quantitative estimate of drug-likeness (QED) is 0.938. The van der Waals surface area contributed by atoms with Crippen molar-refractivity contribution in [3.8, 4) is 16.9 Å². The van der Waals surface area contributed by atoms with Gasteiger partial charge in [0.15, 0.2) is 0 Å². The third-order valence-electron chi connectivity index (χ3n) is 3.58. The molecule has 1 N–H and O–H groups in total. The predicted octanol–water partition coefficient (Wildman–Crippen LogP) is 3.75. The molecule has 0 aliphatic rings. The highest BCUT2D eigenvalue weighted by Crippen LogP contribution is 2.36. The zero-order chi connectivity index (χ0) is 16.3. The average molecular weight is 298 g/mol. The zero-order valence-corrected chi connectivity index (χ0v) is 13.7. The topological polar surface area (TPSA) is 41.6 Å². The Morgan fingerprint density at radius 1 is 1.09 bits per heavy atom. The lowest BCUT2D eigenvalue weighted by molar-refractivity contribution is 0.203. The van der Waals surface area contributed by atoms with Crippen molar-refractivity contribution in [2.75, 3.05) is 26.0 Å². The third-order valence-corrected chi connectivity index (χ3v) is 3.58. The van der Waals surface area contributed by atoms with Gasteiger partial charge in [0.25, 0.3) is 0 Å². The minimum atomic E-state index is -0.458. The van der Waals surface area contributed by atoms with E-state index in [0.717, 1.165) is 16.8 Å². The van der Waals surface area contributed by atoms with E-state index in [2.05, 4.69) is 22.3 Å². The van der Waals surface area contributed by atoms with E-state index >= 15 is 0 Å². The van der Waals surface area contributed by atoms with Crippen LogP contribution in [-0.4, -0.2) is 27.2 Å². The van der Waals surface area contributed by atoms with E-state index in [1.807, 2.05) is 52.2 Å². The van der Waals surface area contributed by atoms with E-state index in [1.165, 1.54) is 11.1 Å². The van der Waals surface area contributed by atoms with Gasteiger partial charge in [-0.1, -0.05) is 18.2 Å². The number of rotatable bonds is 3. The number of hydrogen-bond donors (Lipinski definition) is 1. The number of anilines is 1. The Labute approximate surface area is 131 Å². The number of nitrogens with one attached hydrogen (secondary N) is 1. The van der Waals surface area contributed by atoms with Crippen LogP contribution in [0.3, 0.4) is 0 Å². The van der Waals surface area contributed by atoms with Crippen LogP contribution < -0.4 is 15.0 Å². The standard InChI is InChI=1S/C18H22N2O2/c1-12-10-14(22-18(21)19-3)11-13(2)17(12)15-8-6-7-9-16(15)20(4)5/h6-11H,1-5H3,(H,19,21). The summed E-state index contributed by atoms with van der Waals surface area (Å²) in [4.78, 5) is 13.5. The molecular formula is C18H22N2O2. The fraction of sp³-hybridized carbons (Fsp3) is 0.278. The normalized spacial score (nSPS) is 10.2. The van der Waals surface area contributed by atoms with Gasteiger partial charge >= 0.3 is 6.09 Å². The van der Waals surface area contributed by atoms with Crippen molar-refractivity contribution < 1.29 is 9.53 Å². The molecule has 0 unspecified atom stereocenters. The Bertz CT molecular complexity index is 670. The monoisotopic (exact) mass is 298 g/mol. The molecule has 0 saturated carbocycles. The van der Waals surface area contributed by atoms with E-state index in [-0.39, 0.29) is 0 Å². The van der Waals surface area contributed by atoms with Crippen molar-refractivity contribution in [3.05, 3.63) is 47.5 Å². The Hall–Kier alpha value is -2.49. The first-order chi connectivity index (χ1) is 10.4. The van der Waals surface area contributed by atoms with Crippen LogP contribution in [0, 0.1) is 13.8 Å². The minimum Gasteiger partial charge on any atom is -0.410 e. The van der Waals surface area contributed by atoms with Crippen LogP contribution >= 0.6 is 0 Å². The van der Waals surface area contributed by atoms with Crippen molar-refractivity contribution in [3.63, 3.8) is 0 Å². The molecule has 0 fully saturated rings. The van der Waals surface area contributed by atoms with Gasteiger partial charge < -0.3 is 15.0 Å². The van der Waals surface area contributed by atoms with E-state index < -0.39 is 6.09 Å². The van der Waals surface area contributed by atoms with E-state index in [0.29, 0.717) is 5.75 Å². The molecule has 22 heavy (non-hydrogen) atoms. The van der Waals surface area contributed by atoms with E-state index in [9.17, 15) is 4.79 Å². The van der Waals surface area contributed by atoms with Crippen molar-refractivity contribution in [2.45, 2.75) is 13.8 Å². The number of ether oxygens (including phenoxy) is 1. The predicted molar refractivity (Wildman–Crippen MR) is 90.8 cm³/mol. The van der Waals surface area contributed by atoms with Crippen LogP contribution in [0.4, 0.5) is 10.5 Å². The molecule has 0 spiro atoms. The number of para-hydroxylation sites is 1. The van der Waals surface area contributed by atoms with Gasteiger partial charge in [-0.05, 0) is 48.7 Å². The fourth-order valence-corrected chi connectivity index (χ4v) is 2.64. The molecule has 0 heterocycles. The van der Waals surface area contributed by atoms with Gasteiger partial charge in [0.2, 0.25) is 0 Å². The van der Waals surface area contributed by atoms with Crippen LogP contribution in [-0.2, 0) is 0 Å². The second kappa shape index (κ2) is 6.52. The minimum absolute atomic E-state index is 0.458. The summed E-state index contributed by atoms with van der Waals surface area (Å²) in [5.41, 5.74) is 5.66. The van der Waals surface area contributed by atoms with Crippen LogP contribution in [0.15, 0.2) is 36.4 Å². The van der Waals surface area contributed by atoms with Gasteiger partial charge in [-0.25, -0.2) is 4.79 Å². The first kappa shape index (κ1) is 15.9. The maximum absolute atomic E-state index is 11.4. The highest BCUT2D eigenvalue weighted by molar-refractivity contribution is 5.83. The Morgan fingerprint density at radius 3 is 2.23 bits per heavy atom. The third kappa shape index (κ3) is 3.22. The van der Waals surface area contributed by atoms with Gasteiger partial charge in [0.05, 0.1) is 0 Å². The summed E-state index contributed by atoms with van der Waals surface area (Å²) in [6, 6.07) is 12.1. The molecule has 0 aromatic heterocycles. The Balaban J connectivity index is 2.52. The fourth-order valence-electron chi connectivity index (χ4n) is 2.64. The number of benzene rings is 2. The lowest BCUT2D eigenvalue weighted by atomic mass is 9.94. The van der Waals surface area contributed by atoms with Crippen LogP contribution in [0.1, 0.15) is 11.1 Å².